The Kier molecular flexibility index (Phi) is 3.96. The van der Waals surface area contributed by atoms with Crippen LogP contribution in [0.25, 0.3) is 0 Å². The third-order valence-corrected chi connectivity index (χ3v) is 1.26. The van der Waals surface area contributed by atoms with Crippen molar-refractivity contribution in [2.75, 3.05) is 7.05 Å². The van der Waals surface area contributed by atoms with Gasteiger partial charge in [0.2, 0.25) is 0 Å². The Bertz CT molecular complexity index is 222. The van der Waals surface area contributed by atoms with Crippen LogP contribution in [0.4, 0.5) is 0 Å². The first-order valence-corrected chi connectivity index (χ1v) is 3.34. The van der Waals surface area contributed by atoms with Crippen LogP contribution in [0.3, 0.4) is 0 Å². The van der Waals surface area contributed by atoms with Crippen molar-refractivity contribution in [2.45, 2.75) is 6.92 Å². The van der Waals surface area contributed by atoms with Gasteiger partial charge in [-0.25, -0.2) is 0 Å². The van der Waals surface area contributed by atoms with Gasteiger partial charge in [0.25, 0.3) is 0 Å². The fraction of sp³-hybridized carbons (Fsp3) is 0.222. The Balaban J connectivity index is 4.53. The summed E-state index contributed by atoms with van der Waals surface area (Å²) in [7, 11) is 1.69. The average Bonchev–Trinajstić information content (AvgIpc) is 1.99. The smallest absolute Gasteiger partial charge is 0.0585 e. The average molecular weight is 150 g/mol. The van der Waals surface area contributed by atoms with Crippen LogP contribution in [0.15, 0.2) is 41.6 Å². The fourth-order valence-electron chi connectivity index (χ4n) is 0.497. The molecule has 0 saturated carbocycles. The molecule has 0 heterocycles. The quantitative estimate of drug-likeness (QED) is 0.482. The lowest BCUT2D eigenvalue weighted by molar-refractivity contribution is 1.31. The number of nitrogens with zero attached hydrogens (tertiary/aromatic N) is 1. The maximum Gasteiger partial charge on any atom is 0.0585 e. The number of hydrogen-bond acceptors (Lipinski definition) is 2. The molecule has 11 heavy (non-hydrogen) atoms. The molecule has 0 aromatic carbocycles. The molecule has 0 aromatic heterocycles. The largest absolute Gasteiger partial charge is 0.398 e. The maximum absolute atomic E-state index is 5.60. The normalized spacial score (nSPS) is 12.9. The van der Waals surface area contributed by atoms with E-state index in [1.807, 2.05) is 6.92 Å². The summed E-state index contributed by atoms with van der Waals surface area (Å²) in [4.78, 5) is 3.93. The Morgan fingerprint density at radius 1 is 1.55 bits per heavy atom. The van der Waals surface area contributed by atoms with E-state index in [1.54, 1.807) is 19.2 Å². The van der Waals surface area contributed by atoms with E-state index in [1.165, 1.54) is 0 Å². The molecular weight excluding hydrogens is 136 g/mol. The van der Waals surface area contributed by atoms with Gasteiger partial charge in [0.15, 0.2) is 0 Å². The standard InChI is InChI=1S/C9H14N2/c1-5-8(11-4)6-9(10)7(2)3/h5-6H,1-2,10H2,3-4H3/b9-6+,11-8?. The molecule has 0 radical (unpaired) electrons. The summed E-state index contributed by atoms with van der Waals surface area (Å²) in [5, 5.41) is 0. The molecule has 0 atom stereocenters. The van der Waals surface area contributed by atoms with Crippen LogP contribution < -0.4 is 5.73 Å². The zero-order chi connectivity index (χ0) is 8.85. The molecule has 0 fully saturated rings. The van der Waals surface area contributed by atoms with Gasteiger partial charge in [0.1, 0.15) is 0 Å². The Morgan fingerprint density at radius 2 is 2.09 bits per heavy atom. The highest BCUT2D eigenvalue weighted by Crippen LogP contribution is 1.98. The van der Waals surface area contributed by atoms with Crippen LogP contribution in [0.5, 0.6) is 0 Å². The van der Waals surface area contributed by atoms with Crippen LogP contribution in [0.1, 0.15) is 6.92 Å². The lowest BCUT2D eigenvalue weighted by Crippen LogP contribution is -2.01. The number of rotatable bonds is 3. The highest BCUT2D eigenvalue weighted by Gasteiger charge is 1.91. The van der Waals surface area contributed by atoms with Gasteiger partial charge in [0, 0.05) is 12.7 Å². The molecule has 2 nitrogen and oxygen atoms in total. The summed E-state index contributed by atoms with van der Waals surface area (Å²) in [6.45, 7) is 9.13. The molecule has 0 aromatic rings. The van der Waals surface area contributed by atoms with Crippen molar-refractivity contribution in [3.63, 3.8) is 0 Å². The van der Waals surface area contributed by atoms with Crippen LogP contribution in [-0.2, 0) is 0 Å². The molecular formula is C9H14N2. The SMILES string of the molecule is C=CC(/C=C(/N)C(=C)C)=NC. The number of hydrogen-bond donors (Lipinski definition) is 1. The molecule has 0 aliphatic rings. The third kappa shape index (κ3) is 3.40. The molecule has 0 rings (SSSR count). The lowest BCUT2D eigenvalue weighted by atomic mass is 10.2. The van der Waals surface area contributed by atoms with Crippen LogP contribution in [-0.4, -0.2) is 12.8 Å². The molecule has 0 aliphatic carbocycles. The van der Waals surface area contributed by atoms with Crippen LogP contribution >= 0.6 is 0 Å². The highest BCUT2D eigenvalue weighted by atomic mass is 14.7. The topological polar surface area (TPSA) is 38.4 Å². The first-order chi connectivity index (χ1) is 5.11. The second-order valence-corrected chi connectivity index (χ2v) is 2.23. The molecule has 0 spiro atoms. The third-order valence-electron chi connectivity index (χ3n) is 1.26. The zero-order valence-corrected chi connectivity index (χ0v) is 7.09. The fourth-order valence-corrected chi connectivity index (χ4v) is 0.497. The maximum atomic E-state index is 5.60. The second-order valence-electron chi connectivity index (χ2n) is 2.23. The first-order valence-electron chi connectivity index (χ1n) is 3.34. The summed E-state index contributed by atoms with van der Waals surface area (Å²) in [5.41, 5.74) is 7.86. The van der Waals surface area contributed by atoms with E-state index in [2.05, 4.69) is 18.2 Å². The summed E-state index contributed by atoms with van der Waals surface area (Å²) in [5.74, 6) is 0. The van der Waals surface area contributed by atoms with Crippen LogP contribution in [0.2, 0.25) is 0 Å². The van der Waals surface area contributed by atoms with Crippen molar-refractivity contribution in [2.24, 2.45) is 10.7 Å². The van der Waals surface area contributed by atoms with Crippen molar-refractivity contribution in [3.8, 4) is 0 Å². The van der Waals surface area contributed by atoms with E-state index in [0.29, 0.717) is 5.70 Å². The monoisotopic (exact) mass is 150 g/mol. The molecule has 0 unspecified atom stereocenters. The summed E-state index contributed by atoms with van der Waals surface area (Å²) >= 11 is 0. The van der Waals surface area contributed by atoms with Crippen LogP contribution in [0, 0.1) is 0 Å². The number of allylic oxidation sites excluding steroid dienone is 3. The van der Waals surface area contributed by atoms with Gasteiger partial charge < -0.3 is 5.73 Å². The highest BCUT2D eigenvalue weighted by molar-refractivity contribution is 6.04. The van der Waals surface area contributed by atoms with E-state index in [4.69, 9.17) is 5.73 Å². The minimum Gasteiger partial charge on any atom is -0.398 e. The Morgan fingerprint density at radius 3 is 2.36 bits per heavy atom. The number of aliphatic imine (C=N–C) groups is 1. The predicted octanol–water partition coefficient (Wildman–Crippen LogP) is 1.66. The minimum absolute atomic E-state index is 0.644. The van der Waals surface area contributed by atoms with Gasteiger partial charge in [-0.3, -0.25) is 4.99 Å². The summed E-state index contributed by atoms with van der Waals surface area (Å²) in [6.07, 6.45) is 3.39. The molecule has 2 N–H and O–H groups in total. The van der Waals surface area contributed by atoms with Crippen molar-refractivity contribution in [3.05, 3.63) is 36.6 Å². The van der Waals surface area contributed by atoms with E-state index in [0.717, 1.165) is 11.3 Å². The molecule has 60 valence electrons. The van der Waals surface area contributed by atoms with E-state index in [9.17, 15) is 0 Å². The minimum atomic E-state index is 0.644. The molecule has 2 heteroatoms. The number of nitrogens with two attached hydrogens (primary N) is 1. The second kappa shape index (κ2) is 4.50. The Labute approximate surface area is 67.8 Å². The predicted molar refractivity (Wildman–Crippen MR) is 50.6 cm³/mol. The van der Waals surface area contributed by atoms with Gasteiger partial charge in [-0.2, -0.15) is 0 Å². The lowest BCUT2D eigenvalue weighted by Gasteiger charge is -1.97. The van der Waals surface area contributed by atoms with Gasteiger partial charge >= 0.3 is 0 Å². The molecule has 0 saturated heterocycles. The van der Waals surface area contributed by atoms with Crippen molar-refractivity contribution < 1.29 is 0 Å². The van der Waals surface area contributed by atoms with Crippen molar-refractivity contribution >= 4 is 5.71 Å². The van der Waals surface area contributed by atoms with E-state index in [-0.39, 0.29) is 0 Å². The molecule has 0 amide bonds. The van der Waals surface area contributed by atoms with Gasteiger partial charge in [-0.15, -0.1) is 0 Å². The van der Waals surface area contributed by atoms with Gasteiger partial charge in [-0.05, 0) is 24.6 Å². The van der Waals surface area contributed by atoms with E-state index < -0.39 is 0 Å². The molecule has 0 aliphatic heterocycles. The van der Waals surface area contributed by atoms with Crippen molar-refractivity contribution in [1.29, 1.82) is 0 Å². The summed E-state index contributed by atoms with van der Waals surface area (Å²) in [6, 6.07) is 0. The van der Waals surface area contributed by atoms with Gasteiger partial charge in [-0.1, -0.05) is 13.2 Å². The first kappa shape index (κ1) is 9.69. The Hall–Kier alpha value is -1.31. The zero-order valence-electron chi connectivity index (χ0n) is 7.09. The van der Waals surface area contributed by atoms with Crippen molar-refractivity contribution in [1.82, 2.24) is 0 Å². The van der Waals surface area contributed by atoms with E-state index >= 15 is 0 Å². The molecule has 0 bridgehead atoms. The summed E-state index contributed by atoms with van der Waals surface area (Å²) < 4.78 is 0. The van der Waals surface area contributed by atoms with Gasteiger partial charge in [0.05, 0.1) is 5.71 Å².